The molecule has 0 saturated heterocycles. The molecule has 1 aliphatic carbocycles. The zero-order valence-electron chi connectivity index (χ0n) is 27.4. The predicted molar refractivity (Wildman–Crippen MR) is 186 cm³/mol. The molecular formula is C37H45ClN2O9. The first-order valence-electron chi connectivity index (χ1n) is 16.1. The second kappa shape index (κ2) is 19.9. The van der Waals surface area contributed by atoms with Gasteiger partial charge in [0.2, 0.25) is 5.91 Å². The van der Waals surface area contributed by atoms with Crippen LogP contribution in [0.1, 0.15) is 65.6 Å². The number of aliphatic hydroxyl groups excluding tert-OH is 5. The van der Waals surface area contributed by atoms with Crippen molar-refractivity contribution in [2.45, 2.75) is 69.5 Å². The van der Waals surface area contributed by atoms with Gasteiger partial charge in [-0.05, 0) is 73.5 Å². The van der Waals surface area contributed by atoms with Crippen LogP contribution in [0, 0.1) is 17.8 Å². The summed E-state index contributed by atoms with van der Waals surface area (Å²) in [7, 11) is 1.57. The van der Waals surface area contributed by atoms with Crippen LogP contribution in [-0.2, 0) is 11.3 Å². The predicted octanol–water partition coefficient (Wildman–Crippen LogP) is 3.29. The minimum absolute atomic E-state index is 0.0454. The van der Waals surface area contributed by atoms with Gasteiger partial charge in [0, 0.05) is 40.9 Å². The molecule has 0 radical (unpaired) electrons. The molecule has 1 saturated carbocycles. The quantitative estimate of drug-likeness (QED) is 0.123. The van der Waals surface area contributed by atoms with Crippen LogP contribution in [0.3, 0.4) is 0 Å². The Labute approximate surface area is 291 Å². The Morgan fingerprint density at radius 1 is 0.898 bits per heavy atom. The average Bonchev–Trinajstić information content (AvgIpc) is 3.63. The second-order valence-corrected chi connectivity index (χ2v) is 12.4. The molecule has 1 amide bonds. The van der Waals surface area contributed by atoms with Crippen LogP contribution in [0.2, 0.25) is 5.02 Å². The summed E-state index contributed by atoms with van der Waals surface area (Å²) in [5.41, 5.74) is 2.90. The van der Waals surface area contributed by atoms with Crippen molar-refractivity contribution in [1.29, 1.82) is 0 Å². The van der Waals surface area contributed by atoms with Crippen molar-refractivity contribution in [3.8, 4) is 17.6 Å². The van der Waals surface area contributed by atoms with Crippen molar-refractivity contribution < 1.29 is 45.3 Å². The fourth-order valence-corrected chi connectivity index (χ4v) is 5.53. The number of amides is 1. The number of phenols is 1. The molecular weight excluding hydrogens is 652 g/mol. The van der Waals surface area contributed by atoms with Gasteiger partial charge in [0.25, 0.3) is 0 Å². The third-order valence-electron chi connectivity index (χ3n) is 8.29. The second-order valence-electron chi connectivity index (χ2n) is 12.0. The fourth-order valence-electron chi connectivity index (χ4n) is 5.40. The molecule has 0 bridgehead atoms. The van der Waals surface area contributed by atoms with E-state index in [-0.39, 0.29) is 23.8 Å². The molecule has 1 aliphatic rings. The maximum atomic E-state index is 13.3. The van der Waals surface area contributed by atoms with Gasteiger partial charge in [0.05, 0.1) is 19.3 Å². The zero-order chi connectivity index (χ0) is 35.9. The number of carbonyl (C=O) groups excluding carboxylic acids is 1. The summed E-state index contributed by atoms with van der Waals surface area (Å²) >= 11 is 5.92. The average molecular weight is 697 g/mol. The number of aromatic hydroxyl groups is 1. The highest BCUT2D eigenvalue weighted by Crippen LogP contribution is 2.31. The number of aliphatic hydroxyl groups is 5. The number of rotatable bonds is 13. The zero-order valence-corrected chi connectivity index (χ0v) is 28.1. The molecule has 0 aromatic heterocycles. The highest BCUT2D eigenvalue weighted by Gasteiger charge is 2.29. The SMILES string of the molecule is CNC[C@H](O)[C@@H](O)[C@H](O)[C@H](O)CO.O=C(O)c1ccc(N(Cc2ccc(C#Cc3ccc(Cl)cc3)cc2)C(=O)CCC2CCCC2)cc1O. The van der Waals surface area contributed by atoms with Crippen molar-refractivity contribution in [3.63, 3.8) is 0 Å². The van der Waals surface area contributed by atoms with Crippen LogP contribution in [-0.4, -0.2) is 92.2 Å². The molecule has 4 rings (SSSR count). The van der Waals surface area contributed by atoms with Gasteiger partial charge >= 0.3 is 5.97 Å². The molecule has 49 heavy (non-hydrogen) atoms. The van der Waals surface area contributed by atoms with Gasteiger partial charge in [-0.25, -0.2) is 4.79 Å². The standard InChI is InChI=1S/C30H28ClNO4.C7H17NO5/c31-25-14-11-23(12-15-25)6-5-22-7-9-24(10-8-22)20-32(29(34)18-13-21-3-1-2-4-21)26-16-17-27(30(35)36)28(33)19-26;1-8-2-4(10)6(12)7(13)5(11)3-9/h7-12,14-17,19,21,33H,1-4,13,18,20H2,(H,35,36);4-13H,2-3H2,1H3/t;4-,5+,6+,7+/m.0/s1. The summed E-state index contributed by atoms with van der Waals surface area (Å²) < 4.78 is 0. The molecule has 3 aromatic carbocycles. The number of benzene rings is 3. The summed E-state index contributed by atoms with van der Waals surface area (Å²) in [5, 5.41) is 67.6. The van der Waals surface area contributed by atoms with Crippen molar-refractivity contribution in [2.24, 2.45) is 5.92 Å². The van der Waals surface area contributed by atoms with Crippen LogP contribution in [0.15, 0.2) is 66.7 Å². The Hall–Kier alpha value is -3.99. The first kappa shape index (κ1) is 39.4. The molecule has 8 N–H and O–H groups in total. The topological polar surface area (TPSA) is 191 Å². The number of carboxylic acids is 1. The number of anilines is 1. The van der Waals surface area contributed by atoms with E-state index in [1.54, 1.807) is 30.1 Å². The number of nitrogens with zero attached hydrogens (tertiary/aromatic N) is 1. The van der Waals surface area contributed by atoms with Crippen molar-refractivity contribution in [3.05, 3.63) is 94.0 Å². The highest BCUT2D eigenvalue weighted by molar-refractivity contribution is 6.30. The summed E-state index contributed by atoms with van der Waals surface area (Å²) in [6, 6.07) is 19.2. The Morgan fingerprint density at radius 2 is 1.47 bits per heavy atom. The van der Waals surface area contributed by atoms with Gasteiger partial charge in [-0.15, -0.1) is 0 Å². The molecule has 1 fully saturated rings. The van der Waals surface area contributed by atoms with Gasteiger partial charge in [-0.3, -0.25) is 4.79 Å². The van der Waals surface area contributed by atoms with E-state index in [0.717, 1.165) is 23.1 Å². The van der Waals surface area contributed by atoms with Crippen LogP contribution in [0.4, 0.5) is 5.69 Å². The molecule has 12 heteroatoms. The third-order valence-corrected chi connectivity index (χ3v) is 8.55. The number of hydrogen-bond donors (Lipinski definition) is 8. The van der Waals surface area contributed by atoms with E-state index in [1.807, 2.05) is 36.4 Å². The maximum Gasteiger partial charge on any atom is 0.339 e. The lowest BCUT2D eigenvalue weighted by Gasteiger charge is -2.25. The summed E-state index contributed by atoms with van der Waals surface area (Å²) in [5.74, 6) is 5.20. The molecule has 3 aromatic rings. The van der Waals surface area contributed by atoms with E-state index in [2.05, 4.69) is 17.2 Å². The van der Waals surface area contributed by atoms with Crippen LogP contribution in [0.5, 0.6) is 5.75 Å². The third kappa shape index (κ3) is 12.4. The number of halogens is 1. The van der Waals surface area contributed by atoms with Crippen LogP contribution < -0.4 is 10.2 Å². The van der Waals surface area contributed by atoms with E-state index in [0.29, 0.717) is 29.6 Å². The van der Waals surface area contributed by atoms with E-state index in [4.69, 9.17) is 32.0 Å². The van der Waals surface area contributed by atoms with E-state index < -0.39 is 37.0 Å². The molecule has 0 unspecified atom stereocenters. The largest absolute Gasteiger partial charge is 0.507 e. The lowest BCUT2D eigenvalue weighted by atomic mass is 10.0. The summed E-state index contributed by atoms with van der Waals surface area (Å²) in [6.45, 7) is -0.263. The monoisotopic (exact) mass is 696 g/mol. The number of carbonyl (C=O) groups is 2. The van der Waals surface area contributed by atoms with Crippen LogP contribution >= 0.6 is 11.6 Å². The maximum absolute atomic E-state index is 13.3. The number of aromatic carboxylic acids is 1. The van der Waals surface area contributed by atoms with Crippen molar-refractivity contribution in [1.82, 2.24) is 5.32 Å². The fraction of sp³-hybridized carbons (Fsp3) is 0.405. The normalized spacial score (nSPS) is 15.2. The van der Waals surface area contributed by atoms with Gasteiger partial charge < -0.3 is 46.0 Å². The number of carboxylic acid groups (broad SMARTS) is 1. The molecule has 264 valence electrons. The lowest BCUT2D eigenvalue weighted by Crippen LogP contribution is -2.48. The molecule has 4 atom stereocenters. The molecule has 11 nitrogen and oxygen atoms in total. The van der Waals surface area contributed by atoms with Crippen molar-refractivity contribution in [2.75, 3.05) is 25.1 Å². The van der Waals surface area contributed by atoms with E-state index in [9.17, 15) is 24.9 Å². The van der Waals surface area contributed by atoms with E-state index in [1.165, 1.54) is 37.8 Å². The minimum Gasteiger partial charge on any atom is -0.507 e. The van der Waals surface area contributed by atoms with Crippen LogP contribution in [0.25, 0.3) is 0 Å². The summed E-state index contributed by atoms with van der Waals surface area (Å²) in [4.78, 5) is 26.2. The molecule has 0 aliphatic heterocycles. The highest BCUT2D eigenvalue weighted by atomic mass is 35.5. The van der Waals surface area contributed by atoms with Gasteiger partial charge in [0.1, 0.15) is 29.6 Å². The number of nitrogens with one attached hydrogen (secondary N) is 1. The lowest BCUT2D eigenvalue weighted by molar-refractivity contribution is -0.119. The van der Waals surface area contributed by atoms with Crippen molar-refractivity contribution >= 4 is 29.2 Å². The number of hydrogen-bond acceptors (Lipinski definition) is 9. The van der Waals surface area contributed by atoms with Gasteiger partial charge in [0.15, 0.2) is 0 Å². The molecule has 0 heterocycles. The van der Waals surface area contributed by atoms with Gasteiger partial charge in [-0.1, -0.05) is 61.3 Å². The number of likely N-dealkylation sites (N-methyl/N-ethyl adjacent to an activating group) is 1. The Morgan fingerprint density at radius 3 is 2.00 bits per heavy atom. The molecule has 0 spiro atoms. The first-order valence-corrected chi connectivity index (χ1v) is 16.5. The summed E-state index contributed by atoms with van der Waals surface area (Å²) in [6.07, 6.45) is 0.385. The van der Waals surface area contributed by atoms with E-state index >= 15 is 0 Å². The Kier molecular flexibility index (Phi) is 16.0. The van der Waals surface area contributed by atoms with Gasteiger partial charge in [-0.2, -0.15) is 0 Å². The smallest absolute Gasteiger partial charge is 0.339 e. The first-order chi connectivity index (χ1) is 23.4. The Balaban J connectivity index is 0.000000425. The Bertz CT molecular complexity index is 1550. The minimum atomic E-state index is -1.55.